The highest BCUT2D eigenvalue weighted by Crippen LogP contribution is 1.96. The summed E-state index contributed by atoms with van der Waals surface area (Å²) < 4.78 is 0. The monoisotopic (exact) mass is 258 g/mol. The lowest BCUT2D eigenvalue weighted by Crippen LogP contribution is -2.34. The molecule has 2 N–H and O–H groups in total. The molecule has 96 valence electrons. The molecule has 1 unspecified atom stereocenters. The number of hydrogen-bond donors (Lipinski definition) is 2. The third-order valence-electron chi connectivity index (χ3n) is 2.24. The number of aryl methyl sites for hydroxylation is 1. The van der Waals surface area contributed by atoms with Crippen molar-refractivity contribution >= 4 is 18.3 Å². The topological polar surface area (TPSA) is 66.9 Å². The maximum absolute atomic E-state index is 11.6. The summed E-state index contributed by atoms with van der Waals surface area (Å²) in [5.74, 6) is 0.716. The lowest BCUT2D eigenvalue weighted by Gasteiger charge is -2.11. The largest absolute Gasteiger partial charge is 0.350 e. The predicted molar refractivity (Wildman–Crippen MR) is 69.0 cm³/mol. The van der Waals surface area contributed by atoms with Gasteiger partial charge >= 0.3 is 0 Å². The molecule has 0 aromatic carbocycles. The van der Waals surface area contributed by atoms with E-state index in [1.165, 1.54) is 0 Å². The van der Waals surface area contributed by atoms with Gasteiger partial charge in [0, 0.05) is 18.7 Å². The third kappa shape index (κ3) is 5.60. The summed E-state index contributed by atoms with van der Waals surface area (Å²) in [4.78, 5) is 19.8. The Morgan fingerprint density at radius 3 is 2.82 bits per heavy atom. The number of amides is 1. The summed E-state index contributed by atoms with van der Waals surface area (Å²) in [5, 5.41) is 5.81. The molecular formula is C11H19ClN4O. The summed E-state index contributed by atoms with van der Waals surface area (Å²) >= 11 is 0. The van der Waals surface area contributed by atoms with Gasteiger partial charge in [0.2, 0.25) is 5.91 Å². The Labute approximate surface area is 108 Å². The molecule has 6 heteroatoms. The number of carbonyl (C=O) groups excluding carboxylic acids is 1. The number of halogens is 1. The highest BCUT2D eigenvalue weighted by atomic mass is 35.5. The first kappa shape index (κ1) is 15.8. The molecule has 0 aliphatic heterocycles. The summed E-state index contributed by atoms with van der Waals surface area (Å²) in [6.07, 6.45) is 1.70. The smallest absolute Gasteiger partial charge is 0.224 e. The number of hydrogen-bond acceptors (Lipinski definition) is 4. The fourth-order valence-corrected chi connectivity index (χ4v) is 1.35. The van der Waals surface area contributed by atoms with Crippen LogP contribution in [0.4, 0.5) is 0 Å². The van der Waals surface area contributed by atoms with Crippen molar-refractivity contribution < 1.29 is 4.79 Å². The number of nitrogens with one attached hydrogen (secondary N) is 2. The minimum absolute atomic E-state index is 0. The summed E-state index contributed by atoms with van der Waals surface area (Å²) in [6.45, 7) is 4.84. The normalized spacial score (nSPS) is 11.5. The van der Waals surface area contributed by atoms with E-state index in [2.05, 4.69) is 20.6 Å². The molecule has 0 bridgehead atoms. The molecule has 0 aliphatic carbocycles. The predicted octanol–water partition coefficient (Wildman–Crippen LogP) is 0.679. The van der Waals surface area contributed by atoms with Crippen LogP contribution in [-0.4, -0.2) is 29.5 Å². The van der Waals surface area contributed by atoms with Gasteiger partial charge in [0.05, 0.1) is 12.2 Å². The Kier molecular flexibility index (Phi) is 7.41. The number of nitrogens with zero attached hydrogens (tertiary/aromatic N) is 2. The van der Waals surface area contributed by atoms with Gasteiger partial charge in [0.1, 0.15) is 5.82 Å². The number of aromatic nitrogens is 2. The maximum atomic E-state index is 11.6. The quantitative estimate of drug-likeness (QED) is 0.815. The van der Waals surface area contributed by atoms with E-state index in [9.17, 15) is 4.79 Å². The Morgan fingerprint density at radius 2 is 2.24 bits per heavy atom. The van der Waals surface area contributed by atoms with Crippen LogP contribution in [-0.2, 0) is 11.3 Å². The maximum Gasteiger partial charge on any atom is 0.224 e. The first-order valence-corrected chi connectivity index (χ1v) is 5.34. The number of carbonyl (C=O) groups is 1. The van der Waals surface area contributed by atoms with Crippen LogP contribution in [0, 0.1) is 12.8 Å². The Bertz CT molecular complexity index is 359. The second-order valence-electron chi connectivity index (χ2n) is 3.77. The second kappa shape index (κ2) is 7.97. The first-order valence-electron chi connectivity index (χ1n) is 5.34. The van der Waals surface area contributed by atoms with E-state index in [0.29, 0.717) is 13.1 Å². The van der Waals surface area contributed by atoms with Crippen molar-refractivity contribution in [2.45, 2.75) is 20.4 Å². The van der Waals surface area contributed by atoms with Crippen LogP contribution in [0.2, 0.25) is 0 Å². The summed E-state index contributed by atoms with van der Waals surface area (Å²) in [6, 6.07) is 1.80. The molecule has 1 aromatic heterocycles. The van der Waals surface area contributed by atoms with E-state index in [4.69, 9.17) is 0 Å². The molecular weight excluding hydrogens is 240 g/mol. The molecule has 0 aliphatic rings. The lowest BCUT2D eigenvalue weighted by atomic mass is 10.1. The molecule has 0 saturated heterocycles. The molecule has 1 atom stereocenters. The second-order valence-corrected chi connectivity index (χ2v) is 3.77. The molecule has 5 nitrogen and oxygen atoms in total. The molecule has 1 aromatic rings. The SMILES string of the molecule is CNCC(C)C(=O)NCc1ccnc(C)n1.Cl. The molecule has 0 spiro atoms. The van der Waals surface area contributed by atoms with E-state index in [1.807, 2.05) is 20.9 Å². The molecule has 1 rings (SSSR count). The molecule has 17 heavy (non-hydrogen) atoms. The van der Waals surface area contributed by atoms with Gasteiger partial charge in [-0.2, -0.15) is 0 Å². The van der Waals surface area contributed by atoms with Crippen molar-refractivity contribution in [3.05, 3.63) is 23.8 Å². The molecule has 1 heterocycles. The molecule has 1 amide bonds. The van der Waals surface area contributed by atoms with Crippen molar-refractivity contribution in [1.29, 1.82) is 0 Å². The minimum Gasteiger partial charge on any atom is -0.350 e. The molecule has 0 fully saturated rings. The first-order chi connectivity index (χ1) is 7.63. The fourth-order valence-electron chi connectivity index (χ4n) is 1.35. The Balaban J connectivity index is 0.00000256. The van der Waals surface area contributed by atoms with Crippen LogP contribution in [0.25, 0.3) is 0 Å². The van der Waals surface area contributed by atoms with Crippen molar-refractivity contribution in [1.82, 2.24) is 20.6 Å². The van der Waals surface area contributed by atoms with Crippen LogP contribution >= 0.6 is 12.4 Å². The van der Waals surface area contributed by atoms with Gasteiger partial charge in [-0.1, -0.05) is 6.92 Å². The van der Waals surface area contributed by atoms with Crippen molar-refractivity contribution in [3.8, 4) is 0 Å². The van der Waals surface area contributed by atoms with Crippen LogP contribution in [0.1, 0.15) is 18.4 Å². The van der Waals surface area contributed by atoms with E-state index < -0.39 is 0 Å². The van der Waals surface area contributed by atoms with Crippen molar-refractivity contribution in [2.75, 3.05) is 13.6 Å². The molecule has 0 radical (unpaired) electrons. The van der Waals surface area contributed by atoms with Gasteiger partial charge < -0.3 is 10.6 Å². The van der Waals surface area contributed by atoms with Crippen LogP contribution in [0.3, 0.4) is 0 Å². The van der Waals surface area contributed by atoms with E-state index in [0.717, 1.165) is 11.5 Å². The lowest BCUT2D eigenvalue weighted by molar-refractivity contribution is -0.124. The third-order valence-corrected chi connectivity index (χ3v) is 2.24. The Morgan fingerprint density at radius 1 is 1.53 bits per heavy atom. The van der Waals surface area contributed by atoms with Crippen molar-refractivity contribution in [2.24, 2.45) is 5.92 Å². The van der Waals surface area contributed by atoms with Gasteiger partial charge in [-0.25, -0.2) is 9.97 Å². The van der Waals surface area contributed by atoms with Crippen LogP contribution in [0.15, 0.2) is 12.3 Å². The van der Waals surface area contributed by atoms with Gasteiger partial charge in [0.25, 0.3) is 0 Å². The average Bonchev–Trinajstić information content (AvgIpc) is 2.26. The fraction of sp³-hybridized carbons (Fsp3) is 0.545. The van der Waals surface area contributed by atoms with E-state index in [-0.39, 0.29) is 24.2 Å². The zero-order chi connectivity index (χ0) is 12.0. The minimum atomic E-state index is -0.0343. The summed E-state index contributed by atoms with van der Waals surface area (Å²) in [5.41, 5.74) is 0.831. The van der Waals surface area contributed by atoms with Gasteiger partial charge in [-0.15, -0.1) is 12.4 Å². The standard InChI is InChI=1S/C11H18N4O.ClH/c1-8(6-12-3)11(16)14-7-10-4-5-13-9(2)15-10;/h4-5,8,12H,6-7H2,1-3H3,(H,14,16);1H. The zero-order valence-corrected chi connectivity index (χ0v) is 11.2. The molecule has 0 saturated carbocycles. The average molecular weight is 259 g/mol. The van der Waals surface area contributed by atoms with Gasteiger partial charge in [0.15, 0.2) is 0 Å². The zero-order valence-electron chi connectivity index (χ0n) is 10.4. The summed E-state index contributed by atoms with van der Waals surface area (Å²) in [7, 11) is 1.83. The highest BCUT2D eigenvalue weighted by Gasteiger charge is 2.11. The highest BCUT2D eigenvalue weighted by molar-refractivity contribution is 5.85. The number of rotatable bonds is 5. The van der Waals surface area contributed by atoms with Crippen LogP contribution < -0.4 is 10.6 Å². The van der Waals surface area contributed by atoms with E-state index in [1.54, 1.807) is 12.3 Å². The van der Waals surface area contributed by atoms with Crippen LogP contribution in [0.5, 0.6) is 0 Å². The van der Waals surface area contributed by atoms with Gasteiger partial charge in [-0.3, -0.25) is 4.79 Å². The van der Waals surface area contributed by atoms with E-state index >= 15 is 0 Å². The van der Waals surface area contributed by atoms with Gasteiger partial charge in [-0.05, 0) is 20.0 Å². The van der Waals surface area contributed by atoms with Crippen molar-refractivity contribution in [3.63, 3.8) is 0 Å². The Hall–Kier alpha value is -1.20.